The van der Waals surface area contributed by atoms with Crippen LogP contribution >= 0.6 is 22.9 Å². The first kappa shape index (κ1) is 24.2. The van der Waals surface area contributed by atoms with Crippen LogP contribution in [0, 0.1) is 5.82 Å². The van der Waals surface area contributed by atoms with Crippen molar-refractivity contribution < 1.29 is 32.6 Å². The maximum Gasteiger partial charge on any atom is 0.338 e. The van der Waals surface area contributed by atoms with Crippen LogP contribution in [0.25, 0.3) is 0 Å². The molecule has 3 heterocycles. The second-order valence-electron chi connectivity index (χ2n) is 7.71. The molecule has 0 spiro atoms. The van der Waals surface area contributed by atoms with Crippen molar-refractivity contribution in [2.24, 2.45) is 4.99 Å². The zero-order valence-corrected chi connectivity index (χ0v) is 19.2. The normalized spacial score (nSPS) is 22.3. The van der Waals surface area contributed by atoms with Crippen LogP contribution in [-0.2, 0) is 14.3 Å². The van der Waals surface area contributed by atoms with Gasteiger partial charge in [0.15, 0.2) is 10.8 Å². The Morgan fingerprint density at radius 3 is 2.79 bits per heavy atom. The number of thiazole rings is 1. The number of ether oxygens (including phenoxy) is 1. The van der Waals surface area contributed by atoms with Gasteiger partial charge in [-0.15, -0.1) is 11.3 Å². The largest absolute Gasteiger partial charge is 0.480 e. The molecule has 8 nitrogen and oxygen atoms in total. The predicted octanol–water partition coefficient (Wildman–Crippen LogP) is 3.25. The first-order chi connectivity index (χ1) is 16.1. The lowest BCUT2D eigenvalue weighted by molar-refractivity contribution is -0.142. The van der Waals surface area contributed by atoms with Gasteiger partial charge < -0.3 is 15.2 Å². The molecule has 0 aliphatic carbocycles. The SMILES string of the molecule is COC(=O)C1=C(CN2CC(F)(F)CC2C(=O)O)NC(c2nccs2)=N[C@H]1c1ccc(F)cc1Cl. The van der Waals surface area contributed by atoms with E-state index in [9.17, 15) is 27.9 Å². The Morgan fingerprint density at radius 1 is 1.41 bits per heavy atom. The average molecular weight is 515 g/mol. The van der Waals surface area contributed by atoms with E-state index in [1.807, 2.05) is 0 Å². The summed E-state index contributed by atoms with van der Waals surface area (Å²) in [6.45, 7) is -1.15. The van der Waals surface area contributed by atoms with Gasteiger partial charge in [-0.3, -0.25) is 14.7 Å². The average Bonchev–Trinajstić information content (AvgIpc) is 3.40. The highest BCUT2D eigenvalue weighted by molar-refractivity contribution is 7.11. The fourth-order valence-electron chi connectivity index (χ4n) is 3.96. The van der Waals surface area contributed by atoms with Gasteiger partial charge in [-0.05, 0) is 12.1 Å². The predicted molar refractivity (Wildman–Crippen MR) is 118 cm³/mol. The number of halogens is 4. The van der Waals surface area contributed by atoms with Gasteiger partial charge in [0, 0.05) is 40.8 Å². The maximum atomic E-state index is 14.1. The van der Waals surface area contributed by atoms with Crippen LogP contribution in [0.1, 0.15) is 23.0 Å². The number of esters is 1. The highest BCUT2D eigenvalue weighted by Crippen LogP contribution is 2.38. The second kappa shape index (κ2) is 9.35. The minimum atomic E-state index is -3.21. The fraction of sp³-hybridized carbons (Fsp3) is 0.333. The monoisotopic (exact) mass is 514 g/mol. The number of methoxy groups -OCH3 is 1. The molecule has 1 fully saturated rings. The molecule has 1 aromatic heterocycles. The molecule has 2 atom stereocenters. The molecule has 2 N–H and O–H groups in total. The van der Waals surface area contributed by atoms with E-state index < -0.39 is 48.7 Å². The molecular weight excluding hydrogens is 497 g/mol. The van der Waals surface area contributed by atoms with Gasteiger partial charge in [-0.25, -0.2) is 22.9 Å². The number of rotatable bonds is 6. The van der Waals surface area contributed by atoms with Crippen molar-refractivity contribution in [1.82, 2.24) is 15.2 Å². The maximum absolute atomic E-state index is 14.1. The smallest absolute Gasteiger partial charge is 0.338 e. The molecule has 0 bridgehead atoms. The number of hydrogen-bond donors (Lipinski definition) is 2. The third kappa shape index (κ3) is 4.79. The second-order valence-corrected chi connectivity index (χ2v) is 9.01. The number of nitrogens with one attached hydrogen (secondary N) is 1. The Balaban J connectivity index is 1.84. The summed E-state index contributed by atoms with van der Waals surface area (Å²) in [6.07, 6.45) is 0.675. The summed E-state index contributed by atoms with van der Waals surface area (Å²) in [5.74, 6) is -5.82. The van der Waals surface area contributed by atoms with Crippen molar-refractivity contribution >= 4 is 40.7 Å². The van der Waals surface area contributed by atoms with Gasteiger partial charge in [0.1, 0.15) is 17.9 Å². The van der Waals surface area contributed by atoms with Crippen LogP contribution < -0.4 is 5.32 Å². The molecule has 1 saturated heterocycles. The van der Waals surface area contributed by atoms with Gasteiger partial charge in [0.2, 0.25) is 0 Å². The molecule has 13 heteroatoms. The van der Waals surface area contributed by atoms with Gasteiger partial charge in [0.05, 0.1) is 19.2 Å². The minimum Gasteiger partial charge on any atom is -0.480 e. The lowest BCUT2D eigenvalue weighted by Gasteiger charge is -2.30. The summed E-state index contributed by atoms with van der Waals surface area (Å²) in [5.41, 5.74) is 0.329. The quantitative estimate of drug-likeness (QED) is 0.570. The fourth-order valence-corrected chi connectivity index (χ4v) is 4.82. The van der Waals surface area contributed by atoms with Crippen LogP contribution in [0.3, 0.4) is 0 Å². The zero-order valence-electron chi connectivity index (χ0n) is 17.6. The summed E-state index contributed by atoms with van der Waals surface area (Å²) in [6, 6.07) is 1.03. The zero-order chi connectivity index (χ0) is 24.6. The highest BCUT2D eigenvalue weighted by atomic mass is 35.5. The molecule has 1 aromatic carbocycles. The lowest BCUT2D eigenvalue weighted by atomic mass is 9.95. The summed E-state index contributed by atoms with van der Waals surface area (Å²) < 4.78 is 46.8. The number of aliphatic imine (C=N–C) groups is 1. The highest BCUT2D eigenvalue weighted by Gasteiger charge is 2.49. The van der Waals surface area contributed by atoms with E-state index in [-0.39, 0.29) is 34.2 Å². The number of aromatic nitrogens is 1. The van der Waals surface area contributed by atoms with E-state index in [1.54, 1.807) is 5.38 Å². The van der Waals surface area contributed by atoms with Gasteiger partial charge >= 0.3 is 11.9 Å². The summed E-state index contributed by atoms with van der Waals surface area (Å²) in [5, 5.41) is 14.5. The third-order valence-corrected chi connectivity index (χ3v) is 6.54. The Morgan fingerprint density at radius 2 is 2.18 bits per heavy atom. The van der Waals surface area contributed by atoms with E-state index in [1.165, 1.54) is 23.6 Å². The van der Waals surface area contributed by atoms with E-state index in [0.717, 1.165) is 24.1 Å². The number of amidine groups is 1. The molecule has 0 saturated carbocycles. The van der Waals surface area contributed by atoms with Gasteiger partial charge in [-0.1, -0.05) is 17.7 Å². The summed E-state index contributed by atoms with van der Waals surface area (Å²) in [4.78, 5) is 34.3. The first-order valence-electron chi connectivity index (χ1n) is 9.95. The molecule has 2 aromatic rings. The molecule has 34 heavy (non-hydrogen) atoms. The van der Waals surface area contributed by atoms with Crippen LogP contribution in [-0.4, -0.2) is 64.9 Å². The minimum absolute atomic E-state index is 0.00832. The van der Waals surface area contributed by atoms with Crippen molar-refractivity contribution in [3.05, 3.63) is 62.5 Å². The number of alkyl halides is 2. The third-order valence-electron chi connectivity index (χ3n) is 5.44. The molecule has 0 amide bonds. The number of nitrogens with zero attached hydrogens (tertiary/aromatic N) is 3. The van der Waals surface area contributed by atoms with E-state index in [0.29, 0.717) is 5.01 Å². The number of likely N-dealkylation sites (tertiary alicyclic amines) is 1. The Kier molecular flexibility index (Phi) is 6.65. The number of carbonyl (C=O) groups excluding carboxylic acids is 1. The number of hydrogen-bond acceptors (Lipinski definition) is 8. The molecule has 180 valence electrons. The molecule has 1 unspecified atom stereocenters. The van der Waals surface area contributed by atoms with E-state index in [4.69, 9.17) is 16.3 Å². The number of benzene rings is 1. The number of aliphatic carboxylic acids is 1. The van der Waals surface area contributed by atoms with Crippen LogP contribution in [0.5, 0.6) is 0 Å². The van der Waals surface area contributed by atoms with Crippen molar-refractivity contribution in [2.45, 2.75) is 24.4 Å². The van der Waals surface area contributed by atoms with Crippen LogP contribution in [0.15, 0.2) is 46.0 Å². The number of carbonyl (C=O) groups is 2. The number of carboxylic acid groups (broad SMARTS) is 1. The van der Waals surface area contributed by atoms with Gasteiger partial charge in [0.25, 0.3) is 5.92 Å². The molecule has 2 aliphatic heterocycles. The van der Waals surface area contributed by atoms with Crippen molar-refractivity contribution in [3.8, 4) is 0 Å². The van der Waals surface area contributed by atoms with Crippen molar-refractivity contribution in [3.63, 3.8) is 0 Å². The van der Waals surface area contributed by atoms with E-state index >= 15 is 0 Å². The Hall–Kier alpha value is -2.96. The Bertz CT molecular complexity index is 1190. The molecule has 0 radical (unpaired) electrons. The topological polar surface area (TPSA) is 104 Å². The summed E-state index contributed by atoms with van der Waals surface area (Å²) >= 11 is 7.50. The number of carboxylic acids is 1. The standard InChI is InChI=1S/C21H18ClF3N4O4S/c1-33-20(32)15-13(8-29-9-21(24,25)7-14(29)19(30)31)27-17(18-26-4-5-34-18)28-16(15)11-3-2-10(23)6-12(11)22/h2-6,14,16H,7-9H2,1H3,(H,27,28)(H,30,31)/t14?,16-/m0/s1. The van der Waals surface area contributed by atoms with Gasteiger partial charge in [-0.2, -0.15) is 0 Å². The lowest BCUT2D eigenvalue weighted by Crippen LogP contribution is -2.43. The van der Waals surface area contributed by atoms with E-state index in [2.05, 4.69) is 15.3 Å². The van der Waals surface area contributed by atoms with Crippen molar-refractivity contribution in [1.29, 1.82) is 0 Å². The molecule has 2 aliphatic rings. The van der Waals surface area contributed by atoms with Crippen LogP contribution in [0.2, 0.25) is 5.02 Å². The Labute approximate surface area is 200 Å². The van der Waals surface area contributed by atoms with Crippen molar-refractivity contribution in [2.75, 3.05) is 20.2 Å². The van der Waals surface area contributed by atoms with Crippen LogP contribution in [0.4, 0.5) is 13.2 Å². The molecule has 4 rings (SSSR count). The summed E-state index contributed by atoms with van der Waals surface area (Å²) in [7, 11) is 1.14. The first-order valence-corrected chi connectivity index (χ1v) is 11.2. The molecular formula is C21H18ClF3N4O4S.